The van der Waals surface area contributed by atoms with E-state index in [9.17, 15) is 0 Å². The molecule has 1 aromatic carbocycles. The zero-order valence-corrected chi connectivity index (χ0v) is 9.99. The molecule has 1 N–H and O–H groups in total. The number of fused-ring (bicyclic) bond motifs is 1. The smallest absolute Gasteiger partial charge is 0.0864 e. The summed E-state index contributed by atoms with van der Waals surface area (Å²) in [5.74, 6) is 0. The highest BCUT2D eigenvalue weighted by molar-refractivity contribution is 5.88. The van der Waals surface area contributed by atoms with Crippen LogP contribution in [0.1, 0.15) is 11.1 Å². The minimum Gasteiger partial charge on any atom is -0.353 e. The summed E-state index contributed by atoms with van der Waals surface area (Å²) in [4.78, 5) is 7.81. The molecule has 0 radical (unpaired) electrons. The fourth-order valence-corrected chi connectivity index (χ4v) is 2.27. The maximum absolute atomic E-state index is 4.37. The van der Waals surface area contributed by atoms with Gasteiger partial charge in [0.25, 0.3) is 0 Å². The highest BCUT2D eigenvalue weighted by Crippen LogP contribution is 2.25. The van der Waals surface area contributed by atoms with Gasteiger partial charge in [0.2, 0.25) is 0 Å². The average Bonchev–Trinajstić information content (AvgIpc) is 2.74. The molecule has 0 saturated heterocycles. The van der Waals surface area contributed by atoms with E-state index in [0.29, 0.717) is 0 Å². The molecule has 0 spiro atoms. The van der Waals surface area contributed by atoms with Gasteiger partial charge in [-0.05, 0) is 43.7 Å². The second-order valence-corrected chi connectivity index (χ2v) is 4.44. The summed E-state index contributed by atoms with van der Waals surface area (Å²) in [6, 6.07) is 12.5. The molecule has 0 aliphatic heterocycles. The molecule has 2 heterocycles. The van der Waals surface area contributed by atoms with E-state index in [4.69, 9.17) is 0 Å². The molecule has 0 atom stereocenters. The molecule has 0 fully saturated rings. The third-order valence-electron chi connectivity index (χ3n) is 3.01. The number of benzene rings is 1. The third kappa shape index (κ3) is 1.72. The van der Waals surface area contributed by atoms with Crippen molar-refractivity contribution in [2.45, 2.75) is 13.8 Å². The minimum atomic E-state index is 0.987. The first kappa shape index (κ1) is 10.1. The first-order chi connectivity index (χ1) is 8.24. The number of nitrogens with one attached hydrogen (secondary N) is 1. The van der Waals surface area contributed by atoms with Crippen LogP contribution in [0.3, 0.4) is 0 Å². The first-order valence-corrected chi connectivity index (χ1v) is 5.75. The van der Waals surface area contributed by atoms with Crippen LogP contribution in [0.5, 0.6) is 0 Å². The zero-order valence-electron chi connectivity index (χ0n) is 9.99. The average molecular weight is 222 g/mol. The predicted molar refractivity (Wildman–Crippen MR) is 71.0 cm³/mol. The molecule has 0 aliphatic carbocycles. The van der Waals surface area contributed by atoms with E-state index < -0.39 is 0 Å². The Labute approximate surface area is 100 Å². The Hall–Kier alpha value is -2.09. The van der Waals surface area contributed by atoms with Gasteiger partial charge in [0.15, 0.2) is 0 Å². The van der Waals surface area contributed by atoms with Crippen molar-refractivity contribution in [3.05, 3.63) is 53.7 Å². The Morgan fingerprint density at radius 3 is 2.71 bits per heavy atom. The Morgan fingerprint density at radius 2 is 1.94 bits per heavy atom. The summed E-state index contributed by atoms with van der Waals surface area (Å²) in [5, 5.41) is 1.25. The number of aryl methyl sites for hydroxylation is 2. The third-order valence-corrected chi connectivity index (χ3v) is 3.01. The molecule has 2 nitrogen and oxygen atoms in total. The lowest BCUT2D eigenvalue weighted by Gasteiger charge is -1.98. The van der Waals surface area contributed by atoms with Crippen molar-refractivity contribution < 1.29 is 0 Å². The summed E-state index contributed by atoms with van der Waals surface area (Å²) in [6.45, 7) is 4.26. The normalized spacial score (nSPS) is 10.9. The lowest BCUT2D eigenvalue weighted by molar-refractivity contribution is 1.29. The molecule has 3 aromatic rings. The molecule has 0 saturated carbocycles. The van der Waals surface area contributed by atoms with Crippen molar-refractivity contribution in [3.63, 3.8) is 0 Å². The number of rotatable bonds is 1. The molecule has 84 valence electrons. The van der Waals surface area contributed by atoms with E-state index in [2.05, 4.69) is 42.0 Å². The fraction of sp³-hybridized carbons (Fsp3) is 0.133. The minimum absolute atomic E-state index is 0.987. The molecule has 17 heavy (non-hydrogen) atoms. The zero-order chi connectivity index (χ0) is 11.8. The second-order valence-electron chi connectivity index (χ2n) is 4.44. The van der Waals surface area contributed by atoms with Gasteiger partial charge in [0.1, 0.15) is 0 Å². The van der Waals surface area contributed by atoms with E-state index in [1.807, 2.05) is 24.4 Å². The SMILES string of the molecule is Cc1cc(C)c2[nH]c(-c3ccccn3)cc2c1. The van der Waals surface area contributed by atoms with Crippen LogP contribution in [0.2, 0.25) is 0 Å². The van der Waals surface area contributed by atoms with E-state index in [0.717, 1.165) is 11.4 Å². The Morgan fingerprint density at radius 1 is 1.06 bits per heavy atom. The summed E-state index contributed by atoms with van der Waals surface area (Å²) < 4.78 is 0. The van der Waals surface area contributed by atoms with Crippen LogP contribution in [0.4, 0.5) is 0 Å². The highest BCUT2D eigenvalue weighted by atomic mass is 14.8. The van der Waals surface area contributed by atoms with Gasteiger partial charge in [0, 0.05) is 17.1 Å². The van der Waals surface area contributed by atoms with Crippen molar-refractivity contribution in [2.75, 3.05) is 0 Å². The summed E-state index contributed by atoms with van der Waals surface area (Å²) in [5.41, 5.74) is 5.84. The number of nitrogens with zero attached hydrogens (tertiary/aromatic N) is 1. The van der Waals surface area contributed by atoms with E-state index in [-0.39, 0.29) is 0 Å². The van der Waals surface area contributed by atoms with Crippen molar-refractivity contribution in [3.8, 4) is 11.4 Å². The van der Waals surface area contributed by atoms with E-state index >= 15 is 0 Å². The van der Waals surface area contributed by atoms with Crippen LogP contribution in [0.15, 0.2) is 42.6 Å². The Balaban J connectivity index is 2.24. The van der Waals surface area contributed by atoms with Crippen LogP contribution >= 0.6 is 0 Å². The number of hydrogen-bond donors (Lipinski definition) is 1. The Bertz CT molecular complexity index is 666. The number of aromatic nitrogens is 2. The lowest BCUT2D eigenvalue weighted by Crippen LogP contribution is -1.81. The van der Waals surface area contributed by atoms with Gasteiger partial charge in [-0.15, -0.1) is 0 Å². The maximum atomic E-state index is 4.37. The van der Waals surface area contributed by atoms with Crippen molar-refractivity contribution in [1.82, 2.24) is 9.97 Å². The van der Waals surface area contributed by atoms with Gasteiger partial charge in [0.05, 0.1) is 11.4 Å². The standard InChI is InChI=1S/C15H14N2/c1-10-7-11(2)15-12(8-10)9-14(17-15)13-5-3-4-6-16-13/h3-9,17H,1-2H3. The number of pyridine rings is 1. The van der Waals surface area contributed by atoms with Gasteiger partial charge < -0.3 is 4.98 Å². The predicted octanol–water partition coefficient (Wildman–Crippen LogP) is 3.85. The molecule has 0 aliphatic rings. The van der Waals surface area contributed by atoms with Crippen LogP contribution in [0, 0.1) is 13.8 Å². The Kier molecular flexibility index (Phi) is 2.22. The molecule has 3 rings (SSSR count). The van der Waals surface area contributed by atoms with Gasteiger partial charge in [-0.25, -0.2) is 0 Å². The van der Waals surface area contributed by atoms with Gasteiger partial charge in [-0.3, -0.25) is 4.98 Å². The molecule has 0 amide bonds. The monoisotopic (exact) mass is 222 g/mol. The number of aromatic amines is 1. The fourth-order valence-electron chi connectivity index (χ4n) is 2.27. The van der Waals surface area contributed by atoms with Crippen LogP contribution in [-0.4, -0.2) is 9.97 Å². The van der Waals surface area contributed by atoms with Crippen LogP contribution < -0.4 is 0 Å². The molecule has 0 unspecified atom stereocenters. The van der Waals surface area contributed by atoms with Crippen LogP contribution in [-0.2, 0) is 0 Å². The first-order valence-electron chi connectivity index (χ1n) is 5.75. The quantitative estimate of drug-likeness (QED) is 0.665. The highest BCUT2D eigenvalue weighted by Gasteiger charge is 2.06. The van der Waals surface area contributed by atoms with Gasteiger partial charge >= 0.3 is 0 Å². The second kappa shape index (κ2) is 3.74. The molecular weight excluding hydrogens is 208 g/mol. The van der Waals surface area contributed by atoms with Crippen molar-refractivity contribution >= 4 is 10.9 Å². The van der Waals surface area contributed by atoms with Crippen LogP contribution in [0.25, 0.3) is 22.3 Å². The number of hydrogen-bond acceptors (Lipinski definition) is 1. The molecule has 2 heteroatoms. The van der Waals surface area contributed by atoms with E-state index in [1.165, 1.54) is 22.0 Å². The maximum Gasteiger partial charge on any atom is 0.0864 e. The molecular formula is C15H14N2. The summed E-state index contributed by atoms with van der Waals surface area (Å²) in [6.07, 6.45) is 1.82. The van der Waals surface area contributed by atoms with E-state index in [1.54, 1.807) is 0 Å². The summed E-state index contributed by atoms with van der Waals surface area (Å²) >= 11 is 0. The van der Waals surface area contributed by atoms with Gasteiger partial charge in [-0.2, -0.15) is 0 Å². The lowest BCUT2D eigenvalue weighted by atomic mass is 10.1. The van der Waals surface area contributed by atoms with Gasteiger partial charge in [-0.1, -0.05) is 17.7 Å². The number of H-pyrrole nitrogens is 1. The molecule has 2 aromatic heterocycles. The topological polar surface area (TPSA) is 28.7 Å². The molecule has 0 bridgehead atoms. The largest absolute Gasteiger partial charge is 0.353 e. The summed E-state index contributed by atoms with van der Waals surface area (Å²) in [7, 11) is 0. The van der Waals surface area contributed by atoms with Crippen molar-refractivity contribution in [2.24, 2.45) is 0 Å². The van der Waals surface area contributed by atoms with Crippen molar-refractivity contribution in [1.29, 1.82) is 0 Å².